The van der Waals surface area contributed by atoms with Crippen LogP contribution in [-0.2, 0) is 0 Å². The van der Waals surface area contributed by atoms with Crippen LogP contribution in [0.15, 0.2) is 46.3 Å². The fourth-order valence-corrected chi connectivity index (χ4v) is 2.91. The van der Waals surface area contributed by atoms with E-state index in [2.05, 4.69) is 15.1 Å². The third-order valence-corrected chi connectivity index (χ3v) is 4.68. The molecule has 11 heteroatoms. The molecule has 0 radical (unpaired) electrons. The SMILES string of the molecule is NC(=O)N/N=C(\c1nc2ccc(Cl)cc2[nH]c1=O)[C@@H](O)c1ccc(Cl)c(Cl)c1. The summed E-state index contributed by atoms with van der Waals surface area (Å²) in [5.74, 6) is 0. The van der Waals surface area contributed by atoms with Gasteiger partial charge in [-0.15, -0.1) is 0 Å². The van der Waals surface area contributed by atoms with E-state index in [-0.39, 0.29) is 27.0 Å². The number of aliphatic hydroxyl groups is 1. The van der Waals surface area contributed by atoms with E-state index < -0.39 is 17.7 Å². The summed E-state index contributed by atoms with van der Waals surface area (Å²) in [7, 11) is 0. The fourth-order valence-electron chi connectivity index (χ4n) is 2.43. The van der Waals surface area contributed by atoms with E-state index in [0.717, 1.165) is 0 Å². The molecule has 2 aromatic carbocycles. The van der Waals surface area contributed by atoms with Gasteiger partial charge in [0.05, 0.1) is 21.1 Å². The van der Waals surface area contributed by atoms with Crippen molar-refractivity contribution in [3.05, 3.63) is 73.1 Å². The molecule has 0 aliphatic rings. The molecule has 0 aliphatic carbocycles. The lowest BCUT2D eigenvalue weighted by Crippen LogP contribution is -2.31. The molecule has 0 bridgehead atoms. The molecule has 28 heavy (non-hydrogen) atoms. The van der Waals surface area contributed by atoms with Crippen LogP contribution in [0.25, 0.3) is 11.0 Å². The molecule has 0 saturated carbocycles. The molecule has 1 atom stereocenters. The summed E-state index contributed by atoms with van der Waals surface area (Å²) in [5, 5.41) is 15.4. The van der Waals surface area contributed by atoms with Crippen LogP contribution in [0.2, 0.25) is 15.1 Å². The highest BCUT2D eigenvalue weighted by atomic mass is 35.5. The molecule has 0 fully saturated rings. The molecule has 3 rings (SSSR count). The minimum atomic E-state index is -1.46. The van der Waals surface area contributed by atoms with Crippen molar-refractivity contribution < 1.29 is 9.90 Å². The van der Waals surface area contributed by atoms with E-state index in [4.69, 9.17) is 40.5 Å². The molecule has 1 heterocycles. The van der Waals surface area contributed by atoms with Crippen LogP contribution < -0.4 is 16.7 Å². The number of aromatic nitrogens is 2. The van der Waals surface area contributed by atoms with Gasteiger partial charge in [-0.3, -0.25) is 4.79 Å². The van der Waals surface area contributed by atoms with Gasteiger partial charge in [-0.05, 0) is 35.9 Å². The zero-order chi connectivity index (χ0) is 20.4. The molecule has 0 saturated heterocycles. The third kappa shape index (κ3) is 4.26. The Labute approximate surface area is 172 Å². The van der Waals surface area contributed by atoms with Crippen molar-refractivity contribution in [1.82, 2.24) is 15.4 Å². The Hall–Kier alpha value is -2.65. The molecule has 8 nitrogen and oxygen atoms in total. The van der Waals surface area contributed by atoms with Gasteiger partial charge in [-0.25, -0.2) is 15.2 Å². The number of fused-ring (bicyclic) bond motifs is 1. The molecule has 0 unspecified atom stereocenters. The fraction of sp³-hybridized carbons (Fsp3) is 0.0588. The van der Waals surface area contributed by atoms with Crippen LogP contribution in [-0.4, -0.2) is 26.8 Å². The van der Waals surface area contributed by atoms with Gasteiger partial charge in [0, 0.05) is 5.02 Å². The lowest BCUT2D eigenvalue weighted by Gasteiger charge is -2.14. The minimum Gasteiger partial charge on any atom is -0.382 e. The molecule has 0 aliphatic heterocycles. The van der Waals surface area contributed by atoms with Gasteiger partial charge in [0.25, 0.3) is 5.56 Å². The van der Waals surface area contributed by atoms with Crippen LogP contribution in [0.1, 0.15) is 17.4 Å². The largest absolute Gasteiger partial charge is 0.382 e. The van der Waals surface area contributed by atoms with Crippen LogP contribution >= 0.6 is 34.8 Å². The molecular formula is C17H12Cl3N5O3. The first-order valence-corrected chi connectivity index (χ1v) is 8.85. The monoisotopic (exact) mass is 439 g/mol. The average Bonchev–Trinajstić information content (AvgIpc) is 2.64. The number of carbonyl (C=O) groups is 1. The number of H-pyrrole nitrogens is 1. The highest BCUT2D eigenvalue weighted by Crippen LogP contribution is 2.27. The smallest absolute Gasteiger partial charge is 0.332 e. The summed E-state index contributed by atoms with van der Waals surface area (Å²) < 4.78 is 0. The van der Waals surface area contributed by atoms with Crippen LogP contribution in [0.3, 0.4) is 0 Å². The van der Waals surface area contributed by atoms with Crippen molar-refractivity contribution in [3.8, 4) is 0 Å². The van der Waals surface area contributed by atoms with Gasteiger partial charge < -0.3 is 15.8 Å². The van der Waals surface area contributed by atoms with E-state index in [1.54, 1.807) is 12.1 Å². The summed E-state index contributed by atoms with van der Waals surface area (Å²) in [6.07, 6.45) is -1.46. The number of rotatable bonds is 4. The second-order valence-electron chi connectivity index (χ2n) is 5.63. The van der Waals surface area contributed by atoms with Crippen molar-refractivity contribution in [2.75, 3.05) is 0 Å². The molecular weight excluding hydrogens is 429 g/mol. The lowest BCUT2D eigenvalue weighted by molar-refractivity contribution is 0.243. The van der Waals surface area contributed by atoms with Crippen molar-refractivity contribution in [3.63, 3.8) is 0 Å². The van der Waals surface area contributed by atoms with Gasteiger partial charge in [-0.2, -0.15) is 5.10 Å². The first-order valence-electron chi connectivity index (χ1n) is 7.72. The molecule has 144 valence electrons. The summed E-state index contributed by atoms with van der Waals surface area (Å²) in [6, 6.07) is 8.10. The number of nitrogens with zero attached hydrogens (tertiary/aromatic N) is 2. The number of carbonyl (C=O) groups excluding carboxylic acids is 1. The maximum absolute atomic E-state index is 12.5. The van der Waals surface area contributed by atoms with E-state index in [0.29, 0.717) is 16.1 Å². The Kier molecular flexibility index (Phi) is 5.85. The first kappa shape index (κ1) is 20.1. The Balaban J connectivity index is 2.16. The topological polar surface area (TPSA) is 133 Å². The van der Waals surface area contributed by atoms with Gasteiger partial charge in [0.1, 0.15) is 11.8 Å². The lowest BCUT2D eigenvalue weighted by atomic mass is 10.0. The predicted octanol–water partition coefficient (Wildman–Crippen LogP) is 2.99. The normalized spacial score (nSPS) is 12.8. The quantitative estimate of drug-likeness (QED) is 0.366. The number of aromatic amines is 1. The van der Waals surface area contributed by atoms with Crippen molar-refractivity contribution in [1.29, 1.82) is 0 Å². The molecule has 3 aromatic rings. The number of amides is 2. The Bertz CT molecular complexity index is 1160. The summed E-state index contributed by atoms with van der Waals surface area (Å²) >= 11 is 17.8. The molecule has 1 aromatic heterocycles. The number of primary amides is 1. The number of hydrazone groups is 1. The number of halogens is 3. The van der Waals surface area contributed by atoms with Gasteiger partial charge in [0.15, 0.2) is 5.69 Å². The number of urea groups is 1. The van der Waals surface area contributed by atoms with Crippen molar-refractivity contribution in [2.24, 2.45) is 10.8 Å². The van der Waals surface area contributed by atoms with Crippen molar-refractivity contribution >= 4 is 57.6 Å². The van der Waals surface area contributed by atoms with Gasteiger partial charge in [0.2, 0.25) is 0 Å². The summed E-state index contributed by atoms with van der Waals surface area (Å²) in [6.45, 7) is 0. The molecule has 2 amide bonds. The Morgan fingerprint density at radius 1 is 1.18 bits per heavy atom. The Morgan fingerprint density at radius 2 is 1.93 bits per heavy atom. The average molecular weight is 441 g/mol. The first-order chi connectivity index (χ1) is 13.3. The minimum absolute atomic E-state index is 0.190. The number of hydrogen-bond donors (Lipinski definition) is 4. The van der Waals surface area contributed by atoms with E-state index in [1.807, 2.05) is 5.43 Å². The van der Waals surface area contributed by atoms with Gasteiger partial charge in [-0.1, -0.05) is 40.9 Å². The van der Waals surface area contributed by atoms with Crippen LogP contribution in [0.5, 0.6) is 0 Å². The summed E-state index contributed by atoms with van der Waals surface area (Å²) in [4.78, 5) is 30.5. The second-order valence-corrected chi connectivity index (χ2v) is 6.88. The van der Waals surface area contributed by atoms with E-state index >= 15 is 0 Å². The number of aliphatic hydroxyl groups excluding tert-OH is 1. The second kappa shape index (κ2) is 8.15. The van der Waals surface area contributed by atoms with E-state index in [9.17, 15) is 14.7 Å². The highest BCUT2D eigenvalue weighted by Gasteiger charge is 2.23. The molecule has 0 spiro atoms. The number of nitrogens with one attached hydrogen (secondary N) is 2. The maximum atomic E-state index is 12.5. The number of hydrogen-bond acceptors (Lipinski definition) is 5. The van der Waals surface area contributed by atoms with Crippen LogP contribution in [0.4, 0.5) is 4.79 Å². The van der Waals surface area contributed by atoms with Crippen molar-refractivity contribution in [2.45, 2.75) is 6.10 Å². The third-order valence-electron chi connectivity index (χ3n) is 3.70. The van der Waals surface area contributed by atoms with E-state index in [1.165, 1.54) is 24.3 Å². The standard InChI is InChI=1S/C17H12Cl3N5O3/c18-8-2-4-11-12(6-8)23-16(27)14(22-11)13(24-25-17(21)28)15(26)7-1-3-9(19)10(20)5-7/h1-6,15,26H,(H,23,27)(H3,21,25,28)/b24-13+/t15-/m0/s1. The Morgan fingerprint density at radius 3 is 2.61 bits per heavy atom. The van der Waals surface area contributed by atoms with Gasteiger partial charge >= 0.3 is 6.03 Å². The molecule has 5 N–H and O–H groups in total. The highest BCUT2D eigenvalue weighted by molar-refractivity contribution is 6.42. The maximum Gasteiger partial charge on any atom is 0.332 e. The van der Waals surface area contributed by atoms with Crippen LogP contribution in [0, 0.1) is 0 Å². The number of benzene rings is 2. The predicted molar refractivity (Wildman–Crippen MR) is 108 cm³/mol. The number of nitrogens with two attached hydrogens (primary N) is 1. The zero-order valence-corrected chi connectivity index (χ0v) is 16.2. The summed E-state index contributed by atoms with van der Waals surface area (Å²) in [5.41, 5.74) is 7.00. The zero-order valence-electron chi connectivity index (χ0n) is 13.9.